The van der Waals surface area contributed by atoms with Crippen molar-refractivity contribution in [2.45, 2.75) is 12.1 Å². The van der Waals surface area contributed by atoms with Crippen LogP contribution in [0.2, 0.25) is 0 Å². The lowest BCUT2D eigenvalue weighted by molar-refractivity contribution is -0.118. The highest BCUT2D eigenvalue weighted by molar-refractivity contribution is 7.99. The van der Waals surface area contributed by atoms with Crippen LogP contribution in [-0.4, -0.2) is 54.5 Å². The molecule has 0 aliphatic carbocycles. The molecule has 0 radical (unpaired) electrons. The molecule has 0 bridgehead atoms. The van der Waals surface area contributed by atoms with Gasteiger partial charge in [-0.1, -0.05) is 11.8 Å². The van der Waals surface area contributed by atoms with E-state index in [2.05, 4.69) is 15.3 Å². The lowest BCUT2D eigenvalue weighted by Crippen LogP contribution is -2.28. The van der Waals surface area contributed by atoms with Crippen LogP contribution in [0.1, 0.15) is 17.4 Å². The second-order valence-corrected chi connectivity index (χ2v) is 4.42. The van der Waals surface area contributed by atoms with Crippen LogP contribution in [0.5, 0.6) is 0 Å². The van der Waals surface area contributed by atoms with Crippen LogP contribution in [0.15, 0.2) is 11.4 Å². The van der Waals surface area contributed by atoms with E-state index in [4.69, 9.17) is 9.47 Å². The fourth-order valence-electron chi connectivity index (χ4n) is 1.17. The van der Waals surface area contributed by atoms with Crippen LogP contribution in [-0.2, 0) is 14.3 Å². The normalized spacial score (nSPS) is 10.2. The summed E-state index contributed by atoms with van der Waals surface area (Å²) in [4.78, 5) is 29.6. The van der Waals surface area contributed by atoms with E-state index in [1.807, 2.05) is 0 Å². The van der Waals surface area contributed by atoms with Gasteiger partial charge in [-0.2, -0.15) is 0 Å². The molecule has 19 heavy (non-hydrogen) atoms. The number of nitrogens with zero attached hydrogens (tertiary/aromatic N) is 1. The zero-order valence-corrected chi connectivity index (χ0v) is 11.7. The summed E-state index contributed by atoms with van der Waals surface area (Å²) in [6, 6.07) is 0. The van der Waals surface area contributed by atoms with Crippen LogP contribution in [0, 0.1) is 0 Å². The zero-order chi connectivity index (χ0) is 14.1. The number of aromatic nitrogens is 2. The minimum Gasteiger partial charge on any atom is -0.461 e. The smallest absolute Gasteiger partial charge is 0.356 e. The third-order valence-corrected chi connectivity index (χ3v) is 2.90. The number of carbonyl (C=O) groups excluding carboxylic acids is 2. The number of methoxy groups -OCH3 is 1. The van der Waals surface area contributed by atoms with Crippen molar-refractivity contribution in [2.24, 2.45) is 0 Å². The van der Waals surface area contributed by atoms with E-state index < -0.39 is 5.97 Å². The molecule has 0 saturated carbocycles. The quantitative estimate of drug-likeness (QED) is 0.409. The van der Waals surface area contributed by atoms with Crippen molar-refractivity contribution in [1.29, 1.82) is 0 Å². The number of rotatable bonds is 8. The number of hydrogen-bond donors (Lipinski definition) is 2. The monoisotopic (exact) mass is 287 g/mol. The molecule has 106 valence electrons. The molecule has 0 unspecified atom stereocenters. The SMILES string of the molecule is CCOC(=O)c1cnc(SCC(=O)NCCOC)[nH]1. The number of ether oxygens (including phenoxy) is 2. The van der Waals surface area contributed by atoms with Gasteiger partial charge in [-0.05, 0) is 6.92 Å². The van der Waals surface area contributed by atoms with E-state index in [1.54, 1.807) is 14.0 Å². The molecule has 0 spiro atoms. The van der Waals surface area contributed by atoms with Gasteiger partial charge < -0.3 is 19.8 Å². The summed E-state index contributed by atoms with van der Waals surface area (Å²) >= 11 is 1.22. The molecule has 0 saturated heterocycles. The van der Waals surface area contributed by atoms with Crippen LogP contribution in [0.3, 0.4) is 0 Å². The molecule has 7 nitrogen and oxygen atoms in total. The number of nitrogens with one attached hydrogen (secondary N) is 2. The first-order chi connectivity index (χ1) is 9.17. The Kier molecular flexibility index (Phi) is 6.98. The summed E-state index contributed by atoms with van der Waals surface area (Å²) in [5.41, 5.74) is 0.282. The summed E-state index contributed by atoms with van der Waals surface area (Å²) in [6.07, 6.45) is 1.39. The Balaban J connectivity index is 2.33. The second kappa shape index (κ2) is 8.54. The fraction of sp³-hybridized carbons (Fsp3) is 0.545. The van der Waals surface area contributed by atoms with E-state index in [-0.39, 0.29) is 17.4 Å². The Morgan fingerprint density at radius 1 is 1.53 bits per heavy atom. The first-order valence-corrected chi connectivity index (χ1v) is 6.76. The summed E-state index contributed by atoms with van der Waals surface area (Å²) in [6.45, 7) is 2.99. The van der Waals surface area contributed by atoms with Crippen molar-refractivity contribution in [3.63, 3.8) is 0 Å². The molecule has 1 rings (SSSR count). The largest absolute Gasteiger partial charge is 0.461 e. The van der Waals surface area contributed by atoms with Gasteiger partial charge in [-0.25, -0.2) is 9.78 Å². The van der Waals surface area contributed by atoms with Crippen molar-refractivity contribution in [1.82, 2.24) is 15.3 Å². The number of H-pyrrole nitrogens is 1. The Morgan fingerprint density at radius 2 is 2.32 bits per heavy atom. The Bertz CT molecular complexity index is 422. The molecule has 2 N–H and O–H groups in total. The molecule has 1 amide bonds. The second-order valence-electron chi connectivity index (χ2n) is 3.45. The Labute approximate surface area is 115 Å². The van der Waals surface area contributed by atoms with Crippen LogP contribution < -0.4 is 5.32 Å². The average Bonchev–Trinajstić information content (AvgIpc) is 2.86. The number of hydrogen-bond acceptors (Lipinski definition) is 6. The minimum atomic E-state index is -0.452. The average molecular weight is 287 g/mol. The topological polar surface area (TPSA) is 93.3 Å². The highest BCUT2D eigenvalue weighted by atomic mass is 32.2. The Morgan fingerprint density at radius 3 is 3.00 bits per heavy atom. The highest BCUT2D eigenvalue weighted by Gasteiger charge is 2.11. The maximum atomic E-state index is 11.4. The Hall–Kier alpha value is -1.54. The number of aromatic amines is 1. The number of carbonyl (C=O) groups is 2. The van der Waals surface area contributed by atoms with Gasteiger partial charge in [0.15, 0.2) is 5.16 Å². The summed E-state index contributed by atoms with van der Waals surface area (Å²) < 4.78 is 9.64. The van der Waals surface area contributed by atoms with E-state index in [1.165, 1.54) is 18.0 Å². The maximum Gasteiger partial charge on any atom is 0.356 e. The predicted octanol–water partition coefficient (Wildman–Crippen LogP) is 0.441. The van der Waals surface area contributed by atoms with E-state index in [9.17, 15) is 9.59 Å². The van der Waals surface area contributed by atoms with Crippen LogP contribution in [0.25, 0.3) is 0 Å². The van der Waals surface area contributed by atoms with Gasteiger partial charge in [0, 0.05) is 13.7 Å². The first-order valence-electron chi connectivity index (χ1n) is 5.78. The van der Waals surface area contributed by atoms with Crippen LogP contribution >= 0.6 is 11.8 Å². The fourth-order valence-corrected chi connectivity index (χ4v) is 1.85. The molecule has 8 heteroatoms. The van der Waals surface area contributed by atoms with Crippen molar-refractivity contribution in [2.75, 3.05) is 32.6 Å². The van der Waals surface area contributed by atoms with Gasteiger partial charge in [0.1, 0.15) is 5.69 Å². The number of amides is 1. The highest BCUT2D eigenvalue weighted by Crippen LogP contribution is 2.13. The van der Waals surface area contributed by atoms with Crippen molar-refractivity contribution in [3.05, 3.63) is 11.9 Å². The molecule has 1 aromatic heterocycles. The van der Waals surface area contributed by atoms with Gasteiger partial charge in [0.2, 0.25) is 5.91 Å². The minimum absolute atomic E-state index is 0.115. The van der Waals surface area contributed by atoms with Gasteiger partial charge in [-0.15, -0.1) is 0 Å². The molecule has 0 atom stereocenters. The first kappa shape index (κ1) is 15.5. The number of esters is 1. The van der Waals surface area contributed by atoms with Crippen molar-refractivity contribution < 1.29 is 19.1 Å². The lowest BCUT2D eigenvalue weighted by atomic mass is 10.5. The summed E-state index contributed by atoms with van der Waals surface area (Å²) in [5, 5.41) is 3.19. The predicted molar refractivity (Wildman–Crippen MR) is 70.2 cm³/mol. The van der Waals surface area contributed by atoms with Crippen molar-refractivity contribution in [3.8, 4) is 0 Å². The molecule has 1 aromatic rings. The number of thioether (sulfide) groups is 1. The van der Waals surface area contributed by atoms with E-state index in [0.29, 0.717) is 24.9 Å². The van der Waals surface area contributed by atoms with Gasteiger partial charge >= 0.3 is 5.97 Å². The van der Waals surface area contributed by atoms with Gasteiger partial charge in [0.05, 0.1) is 25.2 Å². The third kappa shape index (κ3) is 5.75. The molecule has 0 aliphatic rings. The summed E-state index contributed by atoms with van der Waals surface area (Å²) in [7, 11) is 1.57. The third-order valence-electron chi connectivity index (χ3n) is 2.02. The molecular weight excluding hydrogens is 270 g/mol. The molecule has 0 fully saturated rings. The molecule has 1 heterocycles. The van der Waals surface area contributed by atoms with Gasteiger partial charge in [-0.3, -0.25) is 4.79 Å². The van der Waals surface area contributed by atoms with E-state index in [0.717, 1.165) is 0 Å². The van der Waals surface area contributed by atoms with E-state index >= 15 is 0 Å². The van der Waals surface area contributed by atoms with Crippen LogP contribution in [0.4, 0.5) is 0 Å². The molecular formula is C11H17N3O4S. The standard InChI is InChI=1S/C11H17N3O4S/c1-3-18-10(16)8-6-13-11(14-8)19-7-9(15)12-4-5-17-2/h6H,3-5,7H2,1-2H3,(H,12,15)(H,13,14). The molecule has 0 aliphatic heterocycles. The zero-order valence-electron chi connectivity index (χ0n) is 10.9. The number of imidazole rings is 1. The lowest BCUT2D eigenvalue weighted by Gasteiger charge is -2.02. The van der Waals surface area contributed by atoms with Gasteiger partial charge in [0.25, 0.3) is 0 Å². The maximum absolute atomic E-state index is 11.4. The summed E-state index contributed by atoms with van der Waals surface area (Å²) in [5.74, 6) is -0.345. The van der Waals surface area contributed by atoms with Crippen molar-refractivity contribution >= 4 is 23.6 Å². The molecule has 0 aromatic carbocycles.